The average Bonchev–Trinajstić information content (AvgIpc) is 2.39. The molecular formula is C12H12FN5. The summed E-state index contributed by atoms with van der Waals surface area (Å²) in [5.74, 6) is 0.176. The van der Waals surface area contributed by atoms with E-state index >= 15 is 0 Å². The van der Waals surface area contributed by atoms with Crippen molar-refractivity contribution in [1.29, 1.82) is 5.41 Å². The van der Waals surface area contributed by atoms with Crippen molar-refractivity contribution in [1.82, 2.24) is 9.97 Å². The van der Waals surface area contributed by atoms with Crippen molar-refractivity contribution < 1.29 is 4.39 Å². The summed E-state index contributed by atoms with van der Waals surface area (Å²) in [5.41, 5.74) is 6.41. The normalized spacial score (nSPS) is 10.1. The van der Waals surface area contributed by atoms with E-state index in [-0.39, 0.29) is 11.7 Å². The monoisotopic (exact) mass is 245 g/mol. The number of rotatable bonds is 3. The maximum Gasteiger partial charge on any atom is 0.151 e. The highest BCUT2D eigenvalue weighted by Gasteiger charge is 2.07. The Morgan fingerprint density at radius 1 is 1.22 bits per heavy atom. The predicted molar refractivity (Wildman–Crippen MR) is 67.5 cm³/mol. The van der Waals surface area contributed by atoms with Gasteiger partial charge in [0.15, 0.2) is 5.82 Å². The van der Waals surface area contributed by atoms with Crippen LogP contribution in [0.5, 0.6) is 0 Å². The Hall–Kier alpha value is -2.50. The fraction of sp³-hybridized carbons (Fsp3) is 0.0833. The van der Waals surface area contributed by atoms with Gasteiger partial charge in [0.2, 0.25) is 0 Å². The second-order valence-electron chi connectivity index (χ2n) is 3.71. The Labute approximate surface area is 104 Å². The summed E-state index contributed by atoms with van der Waals surface area (Å²) in [4.78, 5) is 9.92. The maximum absolute atomic E-state index is 12.8. The lowest BCUT2D eigenvalue weighted by Gasteiger charge is -2.17. The molecule has 2 aromatic rings. The van der Waals surface area contributed by atoms with Gasteiger partial charge in [-0.25, -0.2) is 14.4 Å². The van der Waals surface area contributed by atoms with E-state index in [9.17, 15) is 4.39 Å². The van der Waals surface area contributed by atoms with Crippen molar-refractivity contribution in [2.45, 2.75) is 0 Å². The number of nitrogen functional groups attached to an aromatic ring is 1. The van der Waals surface area contributed by atoms with Crippen LogP contribution in [0.15, 0.2) is 36.7 Å². The van der Waals surface area contributed by atoms with Crippen molar-refractivity contribution in [2.24, 2.45) is 5.73 Å². The molecule has 92 valence electrons. The molecule has 0 amide bonds. The zero-order valence-corrected chi connectivity index (χ0v) is 9.76. The molecule has 0 aliphatic rings. The molecule has 0 bridgehead atoms. The van der Waals surface area contributed by atoms with E-state index < -0.39 is 0 Å². The molecule has 0 saturated carbocycles. The van der Waals surface area contributed by atoms with Gasteiger partial charge in [0, 0.05) is 12.7 Å². The van der Waals surface area contributed by atoms with Crippen LogP contribution in [-0.2, 0) is 0 Å². The van der Waals surface area contributed by atoms with Crippen LogP contribution in [0.3, 0.4) is 0 Å². The number of benzene rings is 1. The van der Waals surface area contributed by atoms with Crippen LogP contribution in [0.2, 0.25) is 0 Å². The topological polar surface area (TPSA) is 78.9 Å². The second-order valence-corrected chi connectivity index (χ2v) is 3.71. The highest BCUT2D eigenvalue weighted by Crippen LogP contribution is 2.20. The zero-order chi connectivity index (χ0) is 13.1. The van der Waals surface area contributed by atoms with Crippen LogP contribution in [0.1, 0.15) is 5.69 Å². The van der Waals surface area contributed by atoms with Crippen molar-refractivity contribution >= 4 is 17.3 Å². The molecule has 0 spiro atoms. The fourth-order valence-electron chi connectivity index (χ4n) is 1.43. The highest BCUT2D eigenvalue weighted by atomic mass is 19.1. The summed E-state index contributed by atoms with van der Waals surface area (Å²) in [6.45, 7) is 0. The Morgan fingerprint density at radius 2 is 1.89 bits per heavy atom. The molecule has 18 heavy (non-hydrogen) atoms. The molecule has 0 fully saturated rings. The summed E-state index contributed by atoms with van der Waals surface area (Å²) < 4.78 is 12.8. The van der Waals surface area contributed by atoms with Gasteiger partial charge in [0.25, 0.3) is 0 Å². The standard InChI is InChI=1S/C12H12FN5/c1-18(9-4-2-8(13)3-5-9)11-7-16-10(6-17-11)12(14)15/h2-7H,1H3,(H3,14,15). The van der Waals surface area contributed by atoms with Gasteiger partial charge in [0.05, 0.1) is 12.4 Å². The van der Waals surface area contributed by atoms with Gasteiger partial charge in [-0.15, -0.1) is 0 Å². The largest absolute Gasteiger partial charge is 0.382 e. The summed E-state index contributed by atoms with van der Waals surface area (Å²) >= 11 is 0. The Morgan fingerprint density at radius 3 is 2.39 bits per heavy atom. The van der Waals surface area contributed by atoms with Crippen molar-refractivity contribution in [3.05, 3.63) is 48.2 Å². The first-order valence-electron chi connectivity index (χ1n) is 5.23. The van der Waals surface area contributed by atoms with Crippen LogP contribution < -0.4 is 10.6 Å². The second kappa shape index (κ2) is 4.79. The molecule has 1 aromatic carbocycles. The summed E-state index contributed by atoms with van der Waals surface area (Å²) in [6, 6.07) is 6.05. The summed E-state index contributed by atoms with van der Waals surface area (Å²) in [6.07, 6.45) is 2.94. The highest BCUT2D eigenvalue weighted by molar-refractivity contribution is 5.92. The van der Waals surface area contributed by atoms with E-state index in [2.05, 4.69) is 9.97 Å². The molecule has 0 saturated heterocycles. The third kappa shape index (κ3) is 2.42. The van der Waals surface area contributed by atoms with E-state index in [0.29, 0.717) is 11.5 Å². The number of hydrogen-bond donors (Lipinski definition) is 2. The molecule has 6 heteroatoms. The maximum atomic E-state index is 12.8. The van der Waals surface area contributed by atoms with Gasteiger partial charge in [-0.1, -0.05) is 0 Å². The number of aromatic nitrogens is 2. The van der Waals surface area contributed by atoms with E-state index in [0.717, 1.165) is 5.69 Å². The molecule has 0 radical (unpaired) electrons. The lowest BCUT2D eigenvalue weighted by molar-refractivity contribution is 0.628. The minimum atomic E-state index is -0.287. The van der Waals surface area contributed by atoms with Crippen LogP contribution in [0, 0.1) is 11.2 Å². The quantitative estimate of drug-likeness (QED) is 0.636. The Bertz CT molecular complexity index is 550. The van der Waals surface area contributed by atoms with E-state index in [1.807, 2.05) is 0 Å². The van der Waals surface area contributed by atoms with E-state index in [1.54, 1.807) is 24.1 Å². The van der Waals surface area contributed by atoms with Gasteiger partial charge >= 0.3 is 0 Å². The number of nitrogens with two attached hydrogens (primary N) is 1. The van der Waals surface area contributed by atoms with Crippen molar-refractivity contribution in [3.63, 3.8) is 0 Å². The van der Waals surface area contributed by atoms with Gasteiger partial charge < -0.3 is 10.6 Å². The fourth-order valence-corrected chi connectivity index (χ4v) is 1.43. The first kappa shape index (κ1) is 12.0. The Balaban J connectivity index is 2.25. The molecule has 0 aliphatic heterocycles. The molecular weight excluding hydrogens is 233 g/mol. The zero-order valence-electron chi connectivity index (χ0n) is 9.76. The third-order valence-electron chi connectivity index (χ3n) is 2.47. The number of nitrogens with zero attached hydrogens (tertiary/aromatic N) is 3. The summed E-state index contributed by atoms with van der Waals surface area (Å²) in [7, 11) is 1.80. The lowest BCUT2D eigenvalue weighted by Crippen LogP contribution is -2.16. The first-order chi connectivity index (χ1) is 8.58. The lowest BCUT2D eigenvalue weighted by atomic mass is 10.3. The molecule has 1 aromatic heterocycles. The summed E-state index contributed by atoms with van der Waals surface area (Å²) in [5, 5.41) is 7.22. The van der Waals surface area contributed by atoms with Gasteiger partial charge in [-0.2, -0.15) is 0 Å². The van der Waals surface area contributed by atoms with Crippen LogP contribution in [0.4, 0.5) is 15.9 Å². The van der Waals surface area contributed by atoms with Crippen molar-refractivity contribution in [2.75, 3.05) is 11.9 Å². The van der Waals surface area contributed by atoms with Gasteiger partial charge in [0.1, 0.15) is 17.3 Å². The van der Waals surface area contributed by atoms with Gasteiger partial charge in [-0.05, 0) is 24.3 Å². The van der Waals surface area contributed by atoms with E-state index in [1.165, 1.54) is 24.5 Å². The van der Waals surface area contributed by atoms with Gasteiger partial charge in [-0.3, -0.25) is 5.41 Å². The number of nitrogens with one attached hydrogen (secondary N) is 1. The molecule has 2 rings (SSSR count). The molecule has 5 nitrogen and oxygen atoms in total. The van der Waals surface area contributed by atoms with Crippen LogP contribution >= 0.6 is 0 Å². The van der Waals surface area contributed by atoms with E-state index in [4.69, 9.17) is 11.1 Å². The molecule has 3 N–H and O–H groups in total. The molecule has 1 heterocycles. The molecule has 0 aliphatic carbocycles. The number of anilines is 2. The number of halogens is 1. The average molecular weight is 245 g/mol. The van der Waals surface area contributed by atoms with Crippen LogP contribution in [0.25, 0.3) is 0 Å². The van der Waals surface area contributed by atoms with Crippen LogP contribution in [-0.4, -0.2) is 22.9 Å². The number of amidine groups is 1. The predicted octanol–water partition coefficient (Wildman–Crippen LogP) is 1.67. The molecule has 0 atom stereocenters. The Kier molecular flexibility index (Phi) is 3.18. The minimum absolute atomic E-state index is 0.126. The third-order valence-corrected chi connectivity index (χ3v) is 2.47. The minimum Gasteiger partial charge on any atom is -0.382 e. The first-order valence-corrected chi connectivity index (χ1v) is 5.23. The smallest absolute Gasteiger partial charge is 0.151 e. The number of hydrogen-bond acceptors (Lipinski definition) is 4. The molecule has 0 unspecified atom stereocenters. The van der Waals surface area contributed by atoms with Crippen molar-refractivity contribution in [3.8, 4) is 0 Å². The SMILES string of the molecule is CN(c1ccc(F)cc1)c1cnc(C(=N)N)cn1.